The molecule has 0 bridgehead atoms. The number of benzene rings is 3. The molecule has 5 N–H and O–H groups in total. The molecule has 3 amide bonds. The largest absolute Gasteiger partial charge is 0.486 e. The van der Waals surface area contributed by atoms with E-state index >= 15 is 0 Å². The van der Waals surface area contributed by atoms with Crippen LogP contribution in [0.3, 0.4) is 0 Å². The van der Waals surface area contributed by atoms with Gasteiger partial charge in [0.05, 0.1) is 0 Å². The van der Waals surface area contributed by atoms with Gasteiger partial charge in [-0.2, -0.15) is 0 Å². The maximum atomic E-state index is 12.8. The average molecular weight is 475 g/mol. The maximum Gasteiger partial charge on any atom is 0.319 e. The van der Waals surface area contributed by atoms with E-state index < -0.39 is 12.1 Å². The summed E-state index contributed by atoms with van der Waals surface area (Å²) in [5, 5.41) is 8.46. The molecule has 3 rings (SSSR count). The van der Waals surface area contributed by atoms with Gasteiger partial charge in [-0.25, -0.2) is 4.79 Å². The molecule has 0 saturated carbocycles. The topological polar surface area (TPSA) is 105 Å². The van der Waals surface area contributed by atoms with Gasteiger partial charge in [-0.15, -0.1) is 0 Å². The molecule has 7 nitrogen and oxygen atoms in total. The highest BCUT2D eigenvalue weighted by atomic mass is 16.5. The SMILES string of the molecule is Cc1ccc(NC(=O)[C@H](CCCCN)NC(=O)Nc2ccc(OC(C)c3ccccc3)cc2)cc1. The van der Waals surface area contributed by atoms with E-state index in [0.29, 0.717) is 30.1 Å². The zero-order chi connectivity index (χ0) is 25.0. The Hall–Kier alpha value is -3.84. The predicted octanol–water partition coefficient (Wildman–Crippen LogP) is 5.39. The summed E-state index contributed by atoms with van der Waals surface area (Å²) >= 11 is 0. The third-order valence-electron chi connectivity index (χ3n) is 5.58. The molecular formula is C28H34N4O3. The van der Waals surface area contributed by atoms with Gasteiger partial charge in [0.15, 0.2) is 0 Å². The van der Waals surface area contributed by atoms with Crippen molar-refractivity contribution in [3.8, 4) is 5.75 Å². The zero-order valence-electron chi connectivity index (χ0n) is 20.3. The van der Waals surface area contributed by atoms with E-state index in [4.69, 9.17) is 10.5 Å². The van der Waals surface area contributed by atoms with Crippen molar-refractivity contribution in [1.29, 1.82) is 0 Å². The number of urea groups is 1. The highest BCUT2D eigenvalue weighted by Crippen LogP contribution is 2.23. The number of rotatable bonds is 11. The number of hydrogen-bond donors (Lipinski definition) is 4. The second-order valence-electron chi connectivity index (χ2n) is 8.49. The van der Waals surface area contributed by atoms with E-state index in [0.717, 1.165) is 24.0 Å². The second-order valence-corrected chi connectivity index (χ2v) is 8.49. The van der Waals surface area contributed by atoms with E-state index in [1.54, 1.807) is 24.3 Å². The summed E-state index contributed by atoms with van der Waals surface area (Å²) in [6.45, 7) is 4.51. The Labute approximate surface area is 207 Å². The standard InChI is InChI=1S/C28H34N4O3/c1-20-11-13-23(14-12-20)30-27(33)26(10-6-7-19-29)32-28(34)31-24-15-17-25(18-16-24)35-21(2)22-8-4-3-5-9-22/h3-5,8-9,11-18,21,26H,6-7,10,19,29H2,1-2H3,(H,30,33)(H2,31,32,34)/t21?,26-/m0/s1. The molecule has 0 aliphatic rings. The first-order chi connectivity index (χ1) is 16.9. The van der Waals surface area contributed by atoms with Crippen LogP contribution in [0.1, 0.15) is 43.4 Å². The van der Waals surface area contributed by atoms with E-state index in [2.05, 4.69) is 16.0 Å². The Kier molecular flexibility index (Phi) is 9.69. The molecule has 3 aromatic carbocycles. The van der Waals surface area contributed by atoms with Crippen LogP contribution in [0.4, 0.5) is 16.2 Å². The monoisotopic (exact) mass is 474 g/mol. The van der Waals surface area contributed by atoms with Gasteiger partial charge in [-0.3, -0.25) is 4.79 Å². The minimum absolute atomic E-state index is 0.0976. The molecular weight excluding hydrogens is 440 g/mol. The Balaban J connectivity index is 1.56. The van der Waals surface area contributed by atoms with Crippen molar-refractivity contribution in [2.24, 2.45) is 5.73 Å². The molecule has 0 fully saturated rings. The van der Waals surface area contributed by atoms with Crippen molar-refractivity contribution >= 4 is 23.3 Å². The van der Waals surface area contributed by atoms with Crippen LogP contribution in [0.5, 0.6) is 5.75 Å². The number of amides is 3. The van der Waals surface area contributed by atoms with Crippen molar-refractivity contribution in [2.45, 2.75) is 45.3 Å². The number of hydrogen-bond acceptors (Lipinski definition) is 4. The molecule has 0 radical (unpaired) electrons. The third-order valence-corrected chi connectivity index (χ3v) is 5.58. The number of anilines is 2. The number of nitrogens with one attached hydrogen (secondary N) is 3. The van der Waals surface area contributed by atoms with E-state index in [9.17, 15) is 9.59 Å². The van der Waals surface area contributed by atoms with Crippen molar-refractivity contribution in [2.75, 3.05) is 17.2 Å². The number of nitrogens with two attached hydrogens (primary N) is 1. The lowest BCUT2D eigenvalue weighted by molar-refractivity contribution is -0.118. The van der Waals surface area contributed by atoms with Gasteiger partial charge < -0.3 is 26.4 Å². The van der Waals surface area contributed by atoms with Crippen LogP contribution in [0.25, 0.3) is 0 Å². The van der Waals surface area contributed by atoms with Crippen molar-refractivity contribution < 1.29 is 14.3 Å². The van der Waals surface area contributed by atoms with Gasteiger partial charge in [-0.05, 0) is 81.6 Å². The number of unbranched alkanes of at least 4 members (excludes halogenated alkanes) is 1. The fourth-order valence-electron chi connectivity index (χ4n) is 3.57. The molecule has 3 aromatic rings. The lowest BCUT2D eigenvalue weighted by Crippen LogP contribution is -2.45. The van der Waals surface area contributed by atoms with Crippen LogP contribution in [0, 0.1) is 6.92 Å². The maximum absolute atomic E-state index is 12.8. The Bertz CT molecular complexity index is 1070. The molecule has 0 aliphatic carbocycles. The average Bonchev–Trinajstić information content (AvgIpc) is 2.86. The Morgan fingerprint density at radius 3 is 2.14 bits per heavy atom. The van der Waals surface area contributed by atoms with E-state index in [1.807, 2.05) is 68.4 Å². The molecule has 0 aliphatic heterocycles. The van der Waals surface area contributed by atoms with Crippen LogP contribution < -0.4 is 26.4 Å². The van der Waals surface area contributed by atoms with Crippen LogP contribution >= 0.6 is 0 Å². The molecule has 7 heteroatoms. The zero-order valence-corrected chi connectivity index (χ0v) is 20.3. The molecule has 0 saturated heterocycles. The van der Waals surface area contributed by atoms with Gasteiger partial charge in [0.1, 0.15) is 17.9 Å². The molecule has 184 valence electrons. The van der Waals surface area contributed by atoms with Crippen LogP contribution in [0.2, 0.25) is 0 Å². The Morgan fingerprint density at radius 2 is 1.49 bits per heavy atom. The van der Waals surface area contributed by atoms with Gasteiger partial charge in [-0.1, -0.05) is 48.0 Å². The summed E-state index contributed by atoms with van der Waals surface area (Å²) in [6.07, 6.45) is 1.90. The summed E-state index contributed by atoms with van der Waals surface area (Å²) in [5.41, 5.74) is 9.07. The smallest absolute Gasteiger partial charge is 0.319 e. The molecule has 1 unspecified atom stereocenters. The number of aryl methyl sites for hydroxylation is 1. The number of carbonyl (C=O) groups is 2. The summed E-state index contributed by atoms with van der Waals surface area (Å²) in [5.74, 6) is 0.434. The summed E-state index contributed by atoms with van der Waals surface area (Å²) in [7, 11) is 0. The fourth-order valence-corrected chi connectivity index (χ4v) is 3.57. The first kappa shape index (κ1) is 25.8. The van der Waals surface area contributed by atoms with Crippen molar-refractivity contribution in [3.05, 3.63) is 90.0 Å². The summed E-state index contributed by atoms with van der Waals surface area (Å²) in [4.78, 5) is 25.5. The quantitative estimate of drug-likeness (QED) is 0.280. The summed E-state index contributed by atoms with van der Waals surface area (Å²) < 4.78 is 5.98. The van der Waals surface area contributed by atoms with Gasteiger partial charge in [0.25, 0.3) is 0 Å². The van der Waals surface area contributed by atoms with Gasteiger partial charge in [0, 0.05) is 11.4 Å². The molecule has 35 heavy (non-hydrogen) atoms. The van der Waals surface area contributed by atoms with E-state index in [1.165, 1.54) is 0 Å². The normalized spacial score (nSPS) is 12.3. The van der Waals surface area contributed by atoms with Gasteiger partial charge >= 0.3 is 6.03 Å². The second kappa shape index (κ2) is 13.2. The molecule has 0 aromatic heterocycles. The minimum atomic E-state index is -0.683. The number of ether oxygens (including phenoxy) is 1. The highest BCUT2D eigenvalue weighted by Gasteiger charge is 2.21. The lowest BCUT2D eigenvalue weighted by atomic mass is 10.1. The highest BCUT2D eigenvalue weighted by molar-refractivity contribution is 5.99. The van der Waals surface area contributed by atoms with Crippen LogP contribution in [-0.4, -0.2) is 24.5 Å². The van der Waals surface area contributed by atoms with Gasteiger partial charge in [0.2, 0.25) is 5.91 Å². The predicted molar refractivity (Wildman–Crippen MR) is 141 cm³/mol. The lowest BCUT2D eigenvalue weighted by Gasteiger charge is -2.19. The first-order valence-corrected chi connectivity index (χ1v) is 11.9. The minimum Gasteiger partial charge on any atom is -0.486 e. The molecule has 0 spiro atoms. The molecule has 2 atom stereocenters. The number of carbonyl (C=O) groups excluding carboxylic acids is 2. The van der Waals surface area contributed by atoms with Crippen LogP contribution in [0.15, 0.2) is 78.9 Å². The third kappa shape index (κ3) is 8.46. The first-order valence-electron chi connectivity index (χ1n) is 11.9. The van der Waals surface area contributed by atoms with Crippen molar-refractivity contribution in [1.82, 2.24) is 5.32 Å². The Morgan fingerprint density at radius 1 is 0.857 bits per heavy atom. The van der Waals surface area contributed by atoms with Crippen LogP contribution in [-0.2, 0) is 4.79 Å². The molecule has 0 heterocycles. The summed E-state index contributed by atoms with van der Waals surface area (Å²) in [6, 6.07) is 23.5. The fraction of sp³-hybridized carbons (Fsp3) is 0.286. The van der Waals surface area contributed by atoms with Crippen molar-refractivity contribution in [3.63, 3.8) is 0 Å². The van der Waals surface area contributed by atoms with E-state index in [-0.39, 0.29) is 12.0 Å².